The minimum Gasteiger partial charge on any atom is -0.497 e. The third kappa shape index (κ3) is 6.38. The second-order valence-electron chi connectivity index (χ2n) is 7.22. The number of nitrogens with zero attached hydrogens (tertiary/aromatic N) is 1. The van der Waals surface area contributed by atoms with Crippen molar-refractivity contribution in [3.05, 3.63) is 42.7 Å². The van der Waals surface area contributed by atoms with E-state index in [4.69, 9.17) is 23.7 Å². The van der Waals surface area contributed by atoms with Gasteiger partial charge in [-0.1, -0.05) is 12.1 Å². The number of rotatable bonds is 7. The Bertz CT molecular complexity index is 996. The maximum atomic E-state index is 11.9. The molecule has 1 aliphatic heterocycles. The Morgan fingerprint density at radius 2 is 1.55 bits per heavy atom. The summed E-state index contributed by atoms with van der Waals surface area (Å²) in [4.78, 5) is 39.3. The van der Waals surface area contributed by atoms with Gasteiger partial charge < -0.3 is 23.7 Å². The monoisotopic (exact) mass is 475 g/mol. The van der Waals surface area contributed by atoms with E-state index < -0.39 is 41.7 Å². The van der Waals surface area contributed by atoms with Crippen molar-refractivity contribution in [2.75, 3.05) is 12.9 Å². The molecule has 10 heteroatoms. The molecular formula is C23H25NO8S. The molecule has 1 saturated heterocycles. The maximum absolute atomic E-state index is 11.9. The molecule has 9 nitrogen and oxygen atoms in total. The molecular weight excluding hydrogens is 450 g/mol. The Balaban J connectivity index is 1.92. The van der Waals surface area contributed by atoms with Crippen LogP contribution in [0.3, 0.4) is 0 Å². The van der Waals surface area contributed by atoms with Crippen LogP contribution in [0.15, 0.2) is 42.7 Å². The molecule has 0 amide bonds. The zero-order valence-corrected chi connectivity index (χ0v) is 19.5. The molecule has 0 bridgehead atoms. The van der Waals surface area contributed by atoms with E-state index in [0.29, 0.717) is 11.5 Å². The van der Waals surface area contributed by atoms with E-state index in [2.05, 4.69) is 4.98 Å². The van der Waals surface area contributed by atoms with Crippen LogP contribution >= 0.6 is 11.8 Å². The highest BCUT2D eigenvalue weighted by Gasteiger charge is 2.47. The fraction of sp³-hybridized carbons (Fsp3) is 0.391. The van der Waals surface area contributed by atoms with Gasteiger partial charge in [0.1, 0.15) is 11.5 Å². The first kappa shape index (κ1) is 24.4. The van der Waals surface area contributed by atoms with Gasteiger partial charge in [0.15, 0.2) is 23.7 Å². The van der Waals surface area contributed by atoms with Crippen molar-refractivity contribution in [3.63, 3.8) is 0 Å². The molecule has 2 heterocycles. The van der Waals surface area contributed by atoms with Crippen LogP contribution in [0, 0.1) is 0 Å². The Kier molecular flexibility index (Phi) is 8.16. The maximum Gasteiger partial charge on any atom is 0.303 e. The lowest BCUT2D eigenvalue weighted by molar-refractivity contribution is -0.186. The van der Waals surface area contributed by atoms with Gasteiger partial charge in [-0.3, -0.25) is 19.4 Å². The molecule has 2 aromatic rings. The van der Waals surface area contributed by atoms with E-state index in [1.54, 1.807) is 25.6 Å². The predicted molar refractivity (Wildman–Crippen MR) is 120 cm³/mol. The first-order chi connectivity index (χ1) is 15.8. The van der Waals surface area contributed by atoms with Crippen molar-refractivity contribution in [1.29, 1.82) is 0 Å². The first-order valence-corrected chi connectivity index (χ1v) is 11.2. The smallest absolute Gasteiger partial charge is 0.303 e. The molecule has 4 atom stereocenters. The minimum atomic E-state index is -1.03. The average molecular weight is 476 g/mol. The van der Waals surface area contributed by atoms with Crippen molar-refractivity contribution < 1.29 is 38.1 Å². The molecule has 1 aromatic heterocycles. The van der Waals surface area contributed by atoms with Gasteiger partial charge in [-0.05, 0) is 23.8 Å². The Hall–Kier alpha value is -3.27. The highest BCUT2D eigenvalue weighted by molar-refractivity contribution is 7.99. The van der Waals surface area contributed by atoms with Gasteiger partial charge in [-0.2, -0.15) is 0 Å². The summed E-state index contributed by atoms with van der Waals surface area (Å²) < 4.78 is 27.7. The molecule has 0 radical (unpaired) electrons. The zero-order valence-electron chi connectivity index (χ0n) is 18.7. The number of thioether (sulfide) groups is 1. The van der Waals surface area contributed by atoms with Gasteiger partial charge in [0.05, 0.1) is 13.3 Å². The van der Waals surface area contributed by atoms with Crippen molar-refractivity contribution in [2.45, 2.75) is 44.5 Å². The zero-order chi connectivity index (χ0) is 24.0. The number of aromatic nitrogens is 1. The summed E-state index contributed by atoms with van der Waals surface area (Å²) in [6.07, 6.45) is 0.364. The van der Waals surface area contributed by atoms with Gasteiger partial charge in [-0.15, -0.1) is 11.8 Å². The van der Waals surface area contributed by atoms with Crippen LogP contribution in [0.4, 0.5) is 0 Å². The van der Waals surface area contributed by atoms with Gasteiger partial charge in [0.25, 0.3) is 0 Å². The van der Waals surface area contributed by atoms with E-state index in [-0.39, 0.29) is 5.75 Å². The van der Waals surface area contributed by atoms with E-state index in [0.717, 1.165) is 11.1 Å². The normalized spacial score (nSPS) is 22.1. The lowest BCUT2D eigenvalue weighted by Gasteiger charge is -2.40. The van der Waals surface area contributed by atoms with E-state index >= 15 is 0 Å². The highest BCUT2D eigenvalue weighted by atomic mass is 32.2. The van der Waals surface area contributed by atoms with Crippen molar-refractivity contribution in [3.8, 4) is 22.6 Å². The van der Waals surface area contributed by atoms with Crippen molar-refractivity contribution in [1.82, 2.24) is 4.98 Å². The topological polar surface area (TPSA) is 110 Å². The molecule has 0 unspecified atom stereocenters. The molecule has 1 aliphatic rings. The van der Waals surface area contributed by atoms with Crippen LogP contribution in [-0.4, -0.2) is 59.5 Å². The average Bonchev–Trinajstić information content (AvgIpc) is 2.77. The largest absolute Gasteiger partial charge is 0.497 e. The van der Waals surface area contributed by atoms with Crippen LogP contribution in [0.5, 0.6) is 11.5 Å². The molecule has 1 aromatic carbocycles. The summed E-state index contributed by atoms with van der Waals surface area (Å²) in [5, 5.41) is 0. The Morgan fingerprint density at radius 3 is 2.15 bits per heavy atom. The lowest BCUT2D eigenvalue weighted by Crippen LogP contribution is -2.55. The first-order valence-electron chi connectivity index (χ1n) is 10.2. The van der Waals surface area contributed by atoms with Gasteiger partial charge in [-0.25, -0.2) is 0 Å². The van der Waals surface area contributed by atoms with Gasteiger partial charge >= 0.3 is 17.9 Å². The summed E-state index contributed by atoms with van der Waals surface area (Å²) in [5.41, 5.74) is 0.889. The quantitative estimate of drug-likeness (QED) is 0.438. The SMILES string of the molecule is COc1ccc(-c2ccncc2O[C@@H]2SC[C@@H](OC(C)=O)[C@H](OC(C)=O)[C@H]2OC(C)=O)cc1. The summed E-state index contributed by atoms with van der Waals surface area (Å²) >= 11 is 1.28. The molecule has 3 rings (SSSR count). The van der Waals surface area contributed by atoms with Gasteiger partial charge in [0, 0.05) is 38.3 Å². The fourth-order valence-electron chi connectivity index (χ4n) is 3.42. The number of benzene rings is 1. The molecule has 0 aliphatic carbocycles. The highest BCUT2D eigenvalue weighted by Crippen LogP contribution is 2.37. The number of hydrogen-bond acceptors (Lipinski definition) is 10. The second kappa shape index (κ2) is 11.0. The number of esters is 3. The minimum absolute atomic E-state index is 0.276. The van der Waals surface area contributed by atoms with Crippen LogP contribution in [0.1, 0.15) is 20.8 Å². The second-order valence-corrected chi connectivity index (χ2v) is 8.35. The predicted octanol–water partition coefficient (Wildman–Crippen LogP) is 3.00. The Labute approximate surface area is 195 Å². The summed E-state index contributed by atoms with van der Waals surface area (Å²) in [7, 11) is 1.59. The summed E-state index contributed by atoms with van der Waals surface area (Å²) in [5.74, 6) is -0.277. The third-order valence-corrected chi connectivity index (χ3v) is 5.95. The molecule has 33 heavy (non-hydrogen) atoms. The molecule has 0 saturated carbocycles. The molecule has 176 valence electrons. The van der Waals surface area contributed by atoms with E-state index in [1.165, 1.54) is 32.5 Å². The number of hydrogen-bond donors (Lipinski definition) is 0. The van der Waals surface area contributed by atoms with E-state index in [1.807, 2.05) is 24.3 Å². The fourth-order valence-corrected chi connectivity index (χ4v) is 4.63. The Morgan fingerprint density at radius 1 is 0.909 bits per heavy atom. The van der Waals surface area contributed by atoms with E-state index in [9.17, 15) is 14.4 Å². The number of methoxy groups -OCH3 is 1. The summed E-state index contributed by atoms with van der Waals surface area (Å²) in [6, 6.07) is 9.23. The van der Waals surface area contributed by atoms with Gasteiger partial charge in [0.2, 0.25) is 0 Å². The van der Waals surface area contributed by atoms with Crippen LogP contribution in [0.25, 0.3) is 11.1 Å². The van der Waals surface area contributed by atoms with Crippen molar-refractivity contribution in [2.24, 2.45) is 0 Å². The third-order valence-electron chi connectivity index (χ3n) is 4.73. The number of carbonyl (C=O) groups excluding carboxylic acids is 3. The van der Waals surface area contributed by atoms with Crippen LogP contribution < -0.4 is 9.47 Å². The van der Waals surface area contributed by atoms with Crippen LogP contribution in [0.2, 0.25) is 0 Å². The standard InChI is InChI=1S/C23H25NO8S/c1-13(25)29-20-12-33-23(22(31-15(3)27)21(20)30-14(2)26)32-19-11-24-10-9-18(19)16-5-7-17(28-4)8-6-16/h5-11,20-23H,12H2,1-4H3/t20-,21+,22-,23-/m1/s1. The molecule has 1 fully saturated rings. The molecule has 0 N–H and O–H groups in total. The lowest BCUT2D eigenvalue weighted by atomic mass is 10.1. The number of pyridine rings is 1. The molecule has 0 spiro atoms. The number of carbonyl (C=O) groups is 3. The number of ether oxygens (including phenoxy) is 5. The van der Waals surface area contributed by atoms with Crippen molar-refractivity contribution >= 4 is 29.7 Å². The summed E-state index contributed by atoms with van der Waals surface area (Å²) in [6.45, 7) is 3.74. The van der Waals surface area contributed by atoms with Crippen LogP contribution in [-0.2, 0) is 28.6 Å².